The van der Waals surface area contributed by atoms with E-state index in [4.69, 9.17) is 0 Å². The molecule has 2 rings (SSSR count). The Morgan fingerprint density at radius 2 is 2.05 bits per heavy atom. The number of benzene rings is 1. The molecule has 1 aliphatic heterocycles. The van der Waals surface area contributed by atoms with Gasteiger partial charge in [0.05, 0.1) is 0 Å². The Morgan fingerprint density at radius 3 is 2.76 bits per heavy atom. The molecule has 4 heteroatoms. The van der Waals surface area contributed by atoms with Gasteiger partial charge in [0.1, 0.15) is 0 Å². The molecule has 1 aromatic carbocycles. The van der Waals surface area contributed by atoms with Crippen molar-refractivity contribution in [2.45, 2.75) is 39.3 Å². The molecule has 2 N–H and O–H groups in total. The summed E-state index contributed by atoms with van der Waals surface area (Å²) < 4.78 is 0. The molecule has 0 bridgehead atoms. The summed E-state index contributed by atoms with van der Waals surface area (Å²) in [6, 6.07) is 9.22. The molecule has 0 fully saturated rings. The van der Waals surface area contributed by atoms with Crippen LogP contribution in [0.5, 0.6) is 0 Å². The summed E-state index contributed by atoms with van der Waals surface area (Å²) in [6.45, 7) is 8.62. The zero-order valence-electron chi connectivity index (χ0n) is 13.5. The number of hydrogen-bond acceptors (Lipinski definition) is 2. The monoisotopic (exact) mass is 288 g/mol. The van der Waals surface area contributed by atoms with Gasteiger partial charge in [-0.15, -0.1) is 0 Å². The topological polar surface area (TPSA) is 39.7 Å². The molecule has 1 heterocycles. The van der Waals surface area contributed by atoms with Crippen molar-refractivity contribution in [1.29, 1.82) is 0 Å². The van der Waals surface area contributed by atoms with Crippen molar-refractivity contribution >= 4 is 5.96 Å². The third-order valence-electron chi connectivity index (χ3n) is 3.80. The number of nitrogens with one attached hydrogen (secondary N) is 2. The molecule has 0 radical (unpaired) electrons. The van der Waals surface area contributed by atoms with E-state index in [2.05, 4.69) is 58.6 Å². The van der Waals surface area contributed by atoms with E-state index in [-0.39, 0.29) is 0 Å². The Bertz CT molecular complexity index is 468. The molecule has 0 saturated heterocycles. The van der Waals surface area contributed by atoms with E-state index in [0.29, 0.717) is 6.04 Å². The fraction of sp³-hybridized carbons (Fsp3) is 0.588. The Balaban J connectivity index is 1.68. The molecule has 0 unspecified atom stereocenters. The summed E-state index contributed by atoms with van der Waals surface area (Å²) in [6.07, 6.45) is 2.32. The summed E-state index contributed by atoms with van der Waals surface area (Å²) in [5, 5.41) is 6.68. The maximum absolute atomic E-state index is 4.22. The number of fused-ring (bicyclic) bond motifs is 1. The Labute approximate surface area is 128 Å². The normalized spacial score (nSPS) is 15.9. The first kappa shape index (κ1) is 15.8. The van der Waals surface area contributed by atoms with Crippen LogP contribution in [0, 0.1) is 0 Å². The van der Waals surface area contributed by atoms with E-state index in [0.717, 1.165) is 32.0 Å². The highest BCUT2D eigenvalue weighted by molar-refractivity contribution is 5.79. The molecule has 0 saturated carbocycles. The minimum Gasteiger partial charge on any atom is -0.356 e. The van der Waals surface area contributed by atoms with Crippen LogP contribution in [0.1, 0.15) is 31.4 Å². The van der Waals surface area contributed by atoms with E-state index >= 15 is 0 Å². The van der Waals surface area contributed by atoms with Gasteiger partial charge in [0.25, 0.3) is 0 Å². The zero-order valence-corrected chi connectivity index (χ0v) is 13.5. The van der Waals surface area contributed by atoms with Crippen LogP contribution < -0.4 is 10.6 Å². The van der Waals surface area contributed by atoms with Crippen molar-refractivity contribution in [1.82, 2.24) is 15.5 Å². The molecule has 0 spiro atoms. The molecule has 4 nitrogen and oxygen atoms in total. The zero-order chi connectivity index (χ0) is 15.1. The van der Waals surface area contributed by atoms with Crippen LogP contribution in [-0.4, -0.2) is 43.6 Å². The molecule has 1 aliphatic rings. The number of aliphatic imine (C=N–C) groups is 1. The van der Waals surface area contributed by atoms with Gasteiger partial charge in [-0.25, -0.2) is 0 Å². The first-order valence-corrected chi connectivity index (χ1v) is 7.95. The van der Waals surface area contributed by atoms with Crippen molar-refractivity contribution in [3.05, 3.63) is 35.4 Å². The van der Waals surface area contributed by atoms with Gasteiger partial charge < -0.3 is 10.6 Å². The third-order valence-corrected chi connectivity index (χ3v) is 3.80. The highest BCUT2D eigenvalue weighted by Crippen LogP contribution is 2.18. The summed E-state index contributed by atoms with van der Waals surface area (Å²) in [7, 11) is 1.82. The van der Waals surface area contributed by atoms with Gasteiger partial charge in [0, 0.05) is 39.3 Å². The molecule has 0 atom stereocenters. The van der Waals surface area contributed by atoms with E-state index < -0.39 is 0 Å². The number of nitrogens with zero attached hydrogens (tertiary/aromatic N) is 2. The van der Waals surface area contributed by atoms with Crippen LogP contribution in [0.3, 0.4) is 0 Å². The fourth-order valence-electron chi connectivity index (χ4n) is 2.72. The second kappa shape index (κ2) is 8.03. The molecule has 0 amide bonds. The minimum atomic E-state index is 0.412. The largest absolute Gasteiger partial charge is 0.356 e. The van der Waals surface area contributed by atoms with Crippen molar-refractivity contribution in [3.63, 3.8) is 0 Å². The average molecular weight is 288 g/mol. The van der Waals surface area contributed by atoms with E-state index in [9.17, 15) is 0 Å². The third kappa shape index (κ3) is 5.05. The fourth-order valence-corrected chi connectivity index (χ4v) is 2.72. The summed E-state index contributed by atoms with van der Waals surface area (Å²) in [4.78, 5) is 6.77. The van der Waals surface area contributed by atoms with Gasteiger partial charge in [-0.2, -0.15) is 0 Å². The average Bonchev–Trinajstić information content (AvgIpc) is 2.49. The van der Waals surface area contributed by atoms with E-state index in [1.54, 1.807) is 0 Å². The van der Waals surface area contributed by atoms with Gasteiger partial charge in [-0.1, -0.05) is 24.3 Å². The quantitative estimate of drug-likeness (QED) is 0.495. The molecular formula is C17H28N4. The lowest BCUT2D eigenvalue weighted by Gasteiger charge is -2.28. The van der Waals surface area contributed by atoms with Crippen LogP contribution in [0.15, 0.2) is 29.3 Å². The maximum atomic E-state index is 4.22. The van der Waals surface area contributed by atoms with Crippen molar-refractivity contribution in [3.8, 4) is 0 Å². The van der Waals surface area contributed by atoms with E-state index in [1.165, 1.54) is 24.1 Å². The number of rotatable bonds is 5. The summed E-state index contributed by atoms with van der Waals surface area (Å²) in [5.41, 5.74) is 3.02. The first-order chi connectivity index (χ1) is 10.2. The smallest absolute Gasteiger partial charge is 0.191 e. The highest BCUT2D eigenvalue weighted by Gasteiger charge is 2.14. The molecule has 0 aliphatic carbocycles. The van der Waals surface area contributed by atoms with E-state index in [1.807, 2.05) is 7.05 Å². The SMILES string of the molecule is CN=C(NCCCN1CCc2ccccc2C1)NC(C)C. The van der Waals surface area contributed by atoms with Gasteiger partial charge in [0.2, 0.25) is 0 Å². The number of guanidine groups is 1. The standard InChI is InChI=1S/C17H28N4/c1-14(2)20-17(18-3)19-10-6-11-21-12-9-15-7-4-5-8-16(15)13-21/h4-5,7-8,14H,6,9-13H2,1-3H3,(H2,18,19,20). The van der Waals surface area contributed by atoms with Gasteiger partial charge in [-0.3, -0.25) is 9.89 Å². The van der Waals surface area contributed by atoms with Crippen LogP contribution in [0.4, 0.5) is 0 Å². The molecule has 1 aromatic rings. The van der Waals surface area contributed by atoms with Crippen LogP contribution in [-0.2, 0) is 13.0 Å². The van der Waals surface area contributed by atoms with Gasteiger partial charge in [-0.05, 0) is 37.8 Å². The van der Waals surface area contributed by atoms with Crippen LogP contribution in [0.25, 0.3) is 0 Å². The number of hydrogen-bond donors (Lipinski definition) is 2. The molecule has 116 valence electrons. The lowest BCUT2D eigenvalue weighted by molar-refractivity contribution is 0.251. The second-order valence-corrected chi connectivity index (χ2v) is 5.95. The lowest BCUT2D eigenvalue weighted by Crippen LogP contribution is -2.42. The summed E-state index contributed by atoms with van der Waals surface area (Å²) >= 11 is 0. The molecule has 0 aromatic heterocycles. The maximum Gasteiger partial charge on any atom is 0.191 e. The van der Waals surface area contributed by atoms with Crippen molar-refractivity contribution in [2.75, 3.05) is 26.7 Å². The minimum absolute atomic E-state index is 0.412. The van der Waals surface area contributed by atoms with Crippen molar-refractivity contribution in [2.24, 2.45) is 4.99 Å². The lowest BCUT2D eigenvalue weighted by atomic mass is 10.00. The molecule has 21 heavy (non-hydrogen) atoms. The van der Waals surface area contributed by atoms with Gasteiger partial charge >= 0.3 is 0 Å². The Hall–Kier alpha value is -1.55. The second-order valence-electron chi connectivity index (χ2n) is 5.95. The Morgan fingerprint density at radius 1 is 1.29 bits per heavy atom. The van der Waals surface area contributed by atoms with Crippen molar-refractivity contribution < 1.29 is 0 Å². The Kier molecular flexibility index (Phi) is 6.05. The predicted molar refractivity (Wildman–Crippen MR) is 89.7 cm³/mol. The predicted octanol–water partition coefficient (Wildman–Crippen LogP) is 2.01. The van der Waals surface area contributed by atoms with Crippen LogP contribution >= 0.6 is 0 Å². The summed E-state index contributed by atoms with van der Waals surface area (Å²) in [5.74, 6) is 0.897. The molecular weight excluding hydrogens is 260 g/mol. The first-order valence-electron chi connectivity index (χ1n) is 7.95. The highest BCUT2D eigenvalue weighted by atomic mass is 15.2. The van der Waals surface area contributed by atoms with Crippen LogP contribution in [0.2, 0.25) is 0 Å². The van der Waals surface area contributed by atoms with Gasteiger partial charge in [0.15, 0.2) is 5.96 Å².